The molecular formula is C30H27ClN6O3S. The van der Waals surface area contributed by atoms with Crippen molar-refractivity contribution in [1.82, 2.24) is 9.80 Å². The summed E-state index contributed by atoms with van der Waals surface area (Å²) in [7, 11) is 0. The van der Waals surface area contributed by atoms with E-state index in [0.29, 0.717) is 40.5 Å². The zero-order valence-electron chi connectivity index (χ0n) is 22.1. The minimum Gasteiger partial charge on any atom is -0.368 e. The number of nitrogens with one attached hydrogen (secondary N) is 1. The topological polar surface area (TPSA) is 97.7 Å². The van der Waals surface area contributed by atoms with Crippen molar-refractivity contribution < 1.29 is 14.4 Å². The molecular weight excluding hydrogens is 560 g/mol. The Kier molecular flexibility index (Phi) is 7.76. The van der Waals surface area contributed by atoms with Gasteiger partial charge < -0.3 is 15.1 Å². The zero-order valence-corrected chi connectivity index (χ0v) is 23.6. The van der Waals surface area contributed by atoms with Gasteiger partial charge in [0.2, 0.25) is 11.8 Å². The number of anilines is 2. The first kappa shape index (κ1) is 27.0. The fraction of sp³-hybridized carbons (Fsp3) is 0.233. The van der Waals surface area contributed by atoms with E-state index in [1.807, 2.05) is 47.4 Å². The second-order valence-electron chi connectivity index (χ2n) is 9.81. The molecule has 3 aromatic carbocycles. The van der Waals surface area contributed by atoms with Gasteiger partial charge in [-0.1, -0.05) is 59.8 Å². The Morgan fingerprint density at radius 2 is 1.71 bits per heavy atom. The molecule has 3 amide bonds. The van der Waals surface area contributed by atoms with Crippen LogP contribution in [0.5, 0.6) is 0 Å². The molecule has 3 aliphatic heterocycles. The lowest BCUT2D eigenvalue weighted by atomic mass is 10.1. The number of hydrogen-bond acceptors (Lipinski definition) is 7. The molecule has 3 aromatic rings. The Hall–Kier alpha value is -4.15. The summed E-state index contributed by atoms with van der Waals surface area (Å²) in [4.78, 5) is 54.4. The van der Waals surface area contributed by atoms with Crippen molar-refractivity contribution in [2.24, 2.45) is 9.98 Å². The van der Waals surface area contributed by atoms with Crippen LogP contribution in [0, 0.1) is 0 Å². The Morgan fingerprint density at radius 1 is 0.951 bits per heavy atom. The summed E-state index contributed by atoms with van der Waals surface area (Å²) in [6, 6.07) is 23.6. The van der Waals surface area contributed by atoms with Gasteiger partial charge in [-0.2, -0.15) is 0 Å². The van der Waals surface area contributed by atoms with E-state index >= 15 is 0 Å². The lowest BCUT2D eigenvalue weighted by molar-refractivity contribution is -0.135. The Balaban J connectivity index is 1.13. The van der Waals surface area contributed by atoms with Gasteiger partial charge in [0, 0.05) is 48.1 Å². The summed E-state index contributed by atoms with van der Waals surface area (Å²) in [5, 5.41) is 3.69. The second kappa shape index (κ2) is 11.8. The van der Waals surface area contributed by atoms with Crippen LogP contribution in [-0.2, 0) is 14.4 Å². The number of amidine groups is 2. The zero-order chi connectivity index (χ0) is 28.3. The van der Waals surface area contributed by atoms with E-state index in [-0.39, 0.29) is 29.9 Å². The number of nitrogens with zero attached hydrogens (tertiary/aromatic N) is 5. The maximum atomic E-state index is 13.6. The monoisotopic (exact) mass is 586 g/mol. The van der Waals surface area contributed by atoms with Gasteiger partial charge in [0.05, 0.1) is 17.9 Å². The number of halogens is 1. The molecule has 1 unspecified atom stereocenters. The van der Waals surface area contributed by atoms with Crippen LogP contribution in [0.3, 0.4) is 0 Å². The highest BCUT2D eigenvalue weighted by atomic mass is 35.5. The van der Waals surface area contributed by atoms with E-state index in [9.17, 15) is 14.4 Å². The van der Waals surface area contributed by atoms with Crippen molar-refractivity contribution in [3.8, 4) is 0 Å². The van der Waals surface area contributed by atoms with Crippen LogP contribution >= 0.6 is 23.4 Å². The fourth-order valence-corrected chi connectivity index (χ4v) is 6.06. The molecule has 3 heterocycles. The summed E-state index contributed by atoms with van der Waals surface area (Å²) in [6.45, 7) is 2.63. The summed E-state index contributed by atoms with van der Waals surface area (Å²) >= 11 is 7.17. The molecule has 208 valence electrons. The largest absolute Gasteiger partial charge is 0.368 e. The highest BCUT2D eigenvalue weighted by Gasteiger charge is 2.42. The number of benzene rings is 3. The number of carbonyl (C=O) groups excluding carboxylic acids is 3. The number of carbonyl (C=O) groups is 3. The van der Waals surface area contributed by atoms with Gasteiger partial charge in [0.25, 0.3) is 5.91 Å². The smallest absolute Gasteiger partial charge is 0.259 e. The van der Waals surface area contributed by atoms with E-state index < -0.39 is 6.04 Å². The SMILES string of the molecule is O=C(CSC1=Nc2ccccc2C2=NC(CC(=O)N3CCN(c4ccccc4)CC3)C(=O)N12)Nc1cccc(Cl)c1. The Labute approximate surface area is 246 Å². The van der Waals surface area contributed by atoms with Gasteiger partial charge in [-0.3, -0.25) is 19.4 Å². The molecule has 0 bridgehead atoms. The second-order valence-corrected chi connectivity index (χ2v) is 11.2. The van der Waals surface area contributed by atoms with Crippen LogP contribution in [0.15, 0.2) is 88.8 Å². The summed E-state index contributed by atoms with van der Waals surface area (Å²) in [5.41, 5.74) is 3.11. The molecule has 0 aromatic heterocycles. The van der Waals surface area contributed by atoms with Gasteiger partial charge >= 0.3 is 0 Å². The molecule has 11 heteroatoms. The Morgan fingerprint density at radius 3 is 2.49 bits per heavy atom. The molecule has 9 nitrogen and oxygen atoms in total. The molecule has 0 saturated carbocycles. The van der Waals surface area contributed by atoms with Crippen molar-refractivity contribution in [3.05, 3.63) is 89.4 Å². The average molecular weight is 587 g/mol. The van der Waals surface area contributed by atoms with Crippen LogP contribution in [-0.4, -0.2) is 76.5 Å². The highest BCUT2D eigenvalue weighted by molar-refractivity contribution is 8.14. The third kappa shape index (κ3) is 5.84. The van der Waals surface area contributed by atoms with Gasteiger partial charge in [-0.25, -0.2) is 9.89 Å². The van der Waals surface area contributed by atoms with E-state index in [2.05, 4.69) is 27.3 Å². The number of piperazine rings is 1. The number of hydrogen-bond donors (Lipinski definition) is 1. The maximum absolute atomic E-state index is 13.6. The lowest BCUT2D eigenvalue weighted by Crippen LogP contribution is -2.49. The molecule has 0 aliphatic carbocycles. The molecule has 6 rings (SSSR count). The fourth-order valence-electron chi connectivity index (χ4n) is 5.07. The quantitative estimate of drug-likeness (QED) is 0.461. The minimum atomic E-state index is -0.845. The van der Waals surface area contributed by atoms with Crippen LogP contribution in [0.4, 0.5) is 17.1 Å². The predicted octanol–water partition coefficient (Wildman–Crippen LogP) is 4.41. The Bertz CT molecular complexity index is 1550. The highest BCUT2D eigenvalue weighted by Crippen LogP contribution is 2.34. The van der Waals surface area contributed by atoms with Crippen molar-refractivity contribution in [2.75, 3.05) is 42.1 Å². The van der Waals surface area contributed by atoms with E-state index in [1.54, 1.807) is 24.3 Å². The first-order chi connectivity index (χ1) is 20.0. The molecule has 0 spiro atoms. The molecule has 0 radical (unpaired) electrons. The van der Waals surface area contributed by atoms with Crippen LogP contribution in [0.25, 0.3) is 0 Å². The third-order valence-corrected chi connectivity index (χ3v) is 8.28. The molecule has 41 heavy (non-hydrogen) atoms. The molecule has 1 fully saturated rings. The first-order valence-electron chi connectivity index (χ1n) is 13.3. The third-order valence-electron chi connectivity index (χ3n) is 7.11. The number of aliphatic imine (C=N–C) groups is 2. The molecule has 1 saturated heterocycles. The standard InChI is InChI=1S/C30H27ClN6O3S/c31-20-7-6-8-21(17-20)32-26(38)19-41-30-34-24-12-5-4-11-23(24)28-33-25(29(40)37(28)30)18-27(39)36-15-13-35(14-16-36)22-9-2-1-3-10-22/h1-12,17,25H,13-16,18-19H2,(H,32,38). The van der Waals surface area contributed by atoms with Gasteiger partial charge in [0.1, 0.15) is 11.9 Å². The number of rotatable bonds is 6. The minimum absolute atomic E-state index is 0.0143. The van der Waals surface area contributed by atoms with Gasteiger partial charge in [0.15, 0.2) is 5.17 Å². The van der Waals surface area contributed by atoms with Crippen molar-refractivity contribution in [1.29, 1.82) is 0 Å². The number of amides is 3. The van der Waals surface area contributed by atoms with Gasteiger partial charge in [-0.05, 0) is 42.5 Å². The van der Waals surface area contributed by atoms with Crippen LogP contribution < -0.4 is 10.2 Å². The first-order valence-corrected chi connectivity index (χ1v) is 14.7. The van der Waals surface area contributed by atoms with E-state index in [4.69, 9.17) is 16.6 Å². The maximum Gasteiger partial charge on any atom is 0.259 e. The lowest BCUT2D eigenvalue weighted by Gasteiger charge is -2.36. The summed E-state index contributed by atoms with van der Waals surface area (Å²) < 4.78 is 0. The average Bonchev–Trinajstić information content (AvgIpc) is 3.32. The van der Waals surface area contributed by atoms with Crippen molar-refractivity contribution >= 4 is 69.1 Å². The van der Waals surface area contributed by atoms with Gasteiger partial charge in [-0.15, -0.1) is 0 Å². The molecule has 1 atom stereocenters. The van der Waals surface area contributed by atoms with Crippen LogP contribution in [0.1, 0.15) is 12.0 Å². The number of thioether (sulfide) groups is 1. The number of para-hydroxylation sites is 2. The normalized spacial score (nSPS) is 17.9. The summed E-state index contributed by atoms with van der Waals surface area (Å²) in [6.07, 6.45) is -0.0143. The van der Waals surface area contributed by atoms with Crippen molar-refractivity contribution in [2.45, 2.75) is 12.5 Å². The predicted molar refractivity (Wildman–Crippen MR) is 163 cm³/mol. The van der Waals surface area contributed by atoms with Crippen LogP contribution in [0.2, 0.25) is 5.02 Å². The van der Waals surface area contributed by atoms with E-state index in [0.717, 1.165) is 36.1 Å². The van der Waals surface area contributed by atoms with Crippen molar-refractivity contribution in [3.63, 3.8) is 0 Å². The van der Waals surface area contributed by atoms with E-state index in [1.165, 1.54) is 4.90 Å². The number of fused-ring (bicyclic) bond motifs is 3. The molecule has 1 N–H and O–H groups in total. The molecule has 3 aliphatic rings. The summed E-state index contributed by atoms with van der Waals surface area (Å²) in [5.74, 6) is -0.178.